The molecule has 2 aromatic carbocycles. The topological polar surface area (TPSA) is 101 Å². The number of hydrogen-bond donors (Lipinski definition) is 2. The van der Waals surface area contributed by atoms with Gasteiger partial charge in [0.1, 0.15) is 17.4 Å². The summed E-state index contributed by atoms with van der Waals surface area (Å²) in [5, 5.41) is 6.49. The number of carbonyl (C=O) groups excluding carboxylic acids is 2. The standard InChI is InChI=1S/C26H31N3O5/c1-6-24(30)27-20(13-16(2)3)26(32)28-19-14-17(11-12-23(19)33-5)29(4)21-15-25(31)34-22-10-8-7-9-18(21)22/h7-12,14-16,20H,6,13H2,1-5H3,(H,27,30)(H,28,32). The van der Waals surface area contributed by atoms with Gasteiger partial charge in [-0.2, -0.15) is 0 Å². The molecule has 8 nitrogen and oxygen atoms in total. The molecule has 1 atom stereocenters. The van der Waals surface area contributed by atoms with Crippen molar-refractivity contribution in [3.05, 3.63) is 59.0 Å². The van der Waals surface area contributed by atoms with Gasteiger partial charge in [0.15, 0.2) is 0 Å². The second-order valence-electron chi connectivity index (χ2n) is 8.48. The first-order valence-electron chi connectivity index (χ1n) is 11.3. The number of nitrogens with one attached hydrogen (secondary N) is 2. The van der Waals surface area contributed by atoms with Gasteiger partial charge < -0.3 is 24.7 Å². The van der Waals surface area contributed by atoms with Crippen LogP contribution < -0.4 is 25.9 Å². The summed E-state index contributed by atoms with van der Waals surface area (Å²) in [5.41, 5.74) is 1.89. The van der Waals surface area contributed by atoms with Gasteiger partial charge in [-0.3, -0.25) is 9.59 Å². The maximum atomic E-state index is 13.1. The Bertz CT molecular complexity index is 1230. The third kappa shape index (κ3) is 5.75. The highest BCUT2D eigenvalue weighted by molar-refractivity contribution is 5.99. The predicted octanol–water partition coefficient (Wildman–Crippen LogP) is 4.45. The summed E-state index contributed by atoms with van der Waals surface area (Å²) in [4.78, 5) is 39.0. The molecule has 0 spiro atoms. The Kier molecular flexibility index (Phi) is 7.94. The Labute approximate surface area is 198 Å². The molecule has 8 heteroatoms. The Morgan fingerprint density at radius 2 is 1.85 bits per heavy atom. The van der Waals surface area contributed by atoms with E-state index in [9.17, 15) is 14.4 Å². The molecule has 1 heterocycles. The van der Waals surface area contributed by atoms with Crippen LogP contribution in [0.3, 0.4) is 0 Å². The lowest BCUT2D eigenvalue weighted by Gasteiger charge is -2.24. The molecule has 34 heavy (non-hydrogen) atoms. The zero-order valence-electron chi connectivity index (χ0n) is 20.2. The molecule has 1 unspecified atom stereocenters. The summed E-state index contributed by atoms with van der Waals surface area (Å²) >= 11 is 0. The van der Waals surface area contributed by atoms with Crippen LogP contribution in [0.4, 0.5) is 17.1 Å². The molecule has 180 valence electrons. The zero-order valence-corrected chi connectivity index (χ0v) is 20.2. The third-order valence-corrected chi connectivity index (χ3v) is 5.50. The number of benzene rings is 2. The zero-order chi connectivity index (χ0) is 24.8. The van der Waals surface area contributed by atoms with Crippen molar-refractivity contribution < 1.29 is 18.7 Å². The molecule has 0 aliphatic carbocycles. The molecule has 3 aromatic rings. The Morgan fingerprint density at radius 1 is 1.12 bits per heavy atom. The number of amides is 2. The average molecular weight is 466 g/mol. The van der Waals surface area contributed by atoms with E-state index in [4.69, 9.17) is 9.15 Å². The largest absolute Gasteiger partial charge is 0.495 e. The number of nitrogens with zero attached hydrogens (tertiary/aromatic N) is 1. The van der Waals surface area contributed by atoms with Crippen LogP contribution in [0.25, 0.3) is 11.0 Å². The van der Waals surface area contributed by atoms with Crippen molar-refractivity contribution in [2.75, 3.05) is 24.4 Å². The number of rotatable bonds is 9. The maximum Gasteiger partial charge on any atom is 0.338 e. The average Bonchev–Trinajstić information content (AvgIpc) is 2.82. The minimum Gasteiger partial charge on any atom is -0.495 e. The summed E-state index contributed by atoms with van der Waals surface area (Å²) in [6, 6.07) is 13.4. The molecule has 2 amide bonds. The van der Waals surface area contributed by atoms with Gasteiger partial charge in [-0.25, -0.2) is 4.79 Å². The summed E-state index contributed by atoms with van der Waals surface area (Å²) in [5.74, 6) is 0.189. The SMILES string of the molecule is CCC(=O)NC(CC(C)C)C(=O)Nc1cc(N(C)c2cc(=O)oc3ccccc23)ccc1OC. The van der Waals surface area contributed by atoms with Crippen molar-refractivity contribution in [2.24, 2.45) is 5.92 Å². The van der Waals surface area contributed by atoms with Gasteiger partial charge in [0.2, 0.25) is 11.8 Å². The van der Waals surface area contributed by atoms with Crippen LogP contribution in [-0.2, 0) is 9.59 Å². The lowest BCUT2D eigenvalue weighted by atomic mass is 10.0. The van der Waals surface area contributed by atoms with Gasteiger partial charge in [-0.1, -0.05) is 32.9 Å². The number of hydrogen-bond acceptors (Lipinski definition) is 6. The summed E-state index contributed by atoms with van der Waals surface area (Å²) < 4.78 is 10.8. The Balaban J connectivity index is 1.95. The molecule has 0 saturated heterocycles. The van der Waals surface area contributed by atoms with Gasteiger partial charge in [0, 0.05) is 30.6 Å². The molecule has 0 fully saturated rings. The summed E-state index contributed by atoms with van der Waals surface area (Å²) in [6.07, 6.45) is 0.801. The molecule has 2 N–H and O–H groups in total. The highest BCUT2D eigenvalue weighted by Crippen LogP contribution is 2.34. The van der Waals surface area contributed by atoms with Crippen molar-refractivity contribution in [3.8, 4) is 5.75 Å². The minimum atomic E-state index is -0.666. The van der Waals surface area contributed by atoms with Crippen molar-refractivity contribution in [1.82, 2.24) is 5.32 Å². The minimum absolute atomic E-state index is 0.184. The van der Waals surface area contributed by atoms with Crippen LogP contribution in [0.5, 0.6) is 5.75 Å². The lowest BCUT2D eigenvalue weighted by Crippen LogP contribution is -2.44. The highest BCUT2D eigenvalue weighted by atomic mass is 16.5. The Morgan fingerprint density at radius 3 is 2.53 bits per heavy atom. The fourth-order valence-corrected chi connectivity index (χ4v) is 3.73. The molecular formula is C26H31N3O5. The van der Waals surface area contributed by atoms with Crippen LogP contribution in [0.15, 0.2) is 57.7 Å². The number of para-hydroxylation sites is 1. The summed E-state index contributed by atoms with van der Waals surface area (Å²) in [6.45, 7) is 5.74. The van der Waals surface area contributed by atoms with Crippen molar-refractivity contribution in [3.63, 3.8) is 0 Å². The van der Waals surface area contributed by atoms with Crippen LogP contribution in [-0.4, -0.2) is 32.0 Å². The number of carbonyl (C=O) groups is 2. The van der Waals surface area contributed by atoms with E-state index in [-0.39, 0.29) is 17.7 Å². The summed E-state index contributed by atoms with van der Waals surface area (Å²) in [7, 11) is 3.35. The molecule has 0 radical (unpaired) electrons. The van der Waals surface area contributed by atoms with Gasteiger partial charge in [-0.15, -0.1) is 0 Å². The van der Waals surface area contributed by atoms with E-state index < -0.39 is 11.7 Å². The van der Waals surface area contributed by atoms with Gasteiger partial charge in [0.05, 0.1) is 18.5 Å². The van der Waals surface area contributed by atoms with Crippen molar-refractivity contribution in [2.45, 2.75) is 39.7 Å². The molecule has 0 aliphatic rings. The second kappa shape index (κ2) is 10.9. The first kappa shape index (κ1) is 24.8. The number of methoxy groups -OCH3 is 1. The van der Waals surface area contributed by atoms with Gasteiger partial charge in [0.25, 0.3) is 0 Å². The molecule has 1 aromatic heterocycles. The van der Waals surface area contributed by atoms with E-state index in [1.165, 1.54) is 13.2 Å². The maximum absolute atomic E-state index is 13.1. The van der Waals surface area contributed by atoms with E-state index in [0.717, 1.165) is 11.1 Å². The van der Waals surface area contributed by atoms with E-state index >= 15 is 0 Å². The Hall–Kier alpha value is -3.81. The molecular weight excluding hydrogens is 434 g/mol. The van der Waals surface area contributed by atoms with Crippen molar-refractivity contribution in [1.29, 1.82) is 0 Å². The highest BCUT2D eigenvalue weighted by Gasteiger charge is 2.23. The van der Waals surface area contributed by atoms with Gasteiger partial charge in [-0.05, 0) is 42.7 Å². The van der Waals surface area contributed by atoms with Crippen LogP contribution in [0.2, 0.25) is 0 Å². The first-order valence-corrected chi connectivity index (χ1v) is 11.3. The van der Waals surface area contributed by atoms with Gasteiger partial charge >= 0.3 is 5.63 Å². The smallest absolute Gasteiger partial charge is 0.338 e. The normalized spacial score (nSPS) is 11.8. The first-order chi connectivity index (χ1) is 16.2. The van der Waals surface area contributed by atoms with E-state index in [2.05, 4.69) is 10.6 Å². The molecule has 3 rings (SSSR count). The fourth-order valence-electron chi connectivity index (χ4n) is 3.73. The van der Waals surface area contributed by atoms with E-state index in [0.29, 0.717) is 35.5 Å². The fraction of sp³-hybridized carbons (Fsp3) is 0.346. The number of anilines is 3. The van der Waals surface area contributed by atoms with Crippen LogP contribution in [0.1, 0.15) is 33.6 Å². The van der Waals surface area contributed by atoms with E-state index in [1.807, 2.05) is 44.0 Å². The van der Waals surface area contributed by atoms with E-state index in [1.54, 1.807) is 31.2 Å². The number of fused-ring (bicyclic) bond motifs is 1. The molecule has 0 aliphatic heterocycles. The second-order valence-corrected chi connectivity index (χ2v) is 8.48. The third-order valence-electron chi connectivity index (χ3n) is 5.50. The quantitative estimate of drug-likeness (QED) is 0.453. The molecule has 0 bridgehead atoms. The lowest BCUT2D eigenvalue weighted by molar-refractivity contribution is -0.126. The van der Waals surface area contributed by atoms with Crippen LogP contribution in [0, 0.1) is 5.92 Å². The predicted molar refractivity (Wildman–Crippen MR) is 134 cm³/mol. The van der Waals surface area contributed by atoms with Crippen molar-refractivity contribution >= 4 is 39.8 Å². The number of ether oxygens (including phenoxy) is 1. The molecule has 0 saturated carbocycles. The van der Waals surface area contributed by atoms with Crippen LogP contribution >= 0.6 is 0 Å². The monoisotopic (exact) mass is 465 g/mol.